The lowest BCUT2D eigenvalue weighted by molar-refractivity contribution is 0.0346. The van der Waals surface area contributed by atoms with E-state index < -0.39 is 0 Å². The van der Waals surface area contributed by atoms with E-state index >= 15 is 0 Å². The summed E-state index contributed by atoms with van der Waals surface area (Å²) in [5.41, 5.74) is 6.46. The first kappa shape index (κ1) is 11.0. The topological polar surface area (TPSA) is 35.2 Å². The second-order valence-electron chi connectivity index (χ2n) is 5.39. The van der Waals surface area contributed by atoms with Crippen LogP contribution in [0.2, 0.25) is 0 Å². The van der Waals surface area contributed by atoms with Crippen molar-refractivity contribution in [2.24, 2.45) is 17.1 Å². The van der Waals surface area contributed by atoms with E-state index in [9.17, 15) is 0 Å². The molecule has 1 heterocycles. The third-order valence-electron chi connectivity index (χ3n) is 2.80. The summed E-state index contributed by atoms with van der Waals surface area (Å²) in [6.45, 7) is 8.57. The van der Waals surface area contributed by atoms with Crippen LogP contribution < -0.4 is 5.73 Å². The summed E-state index contributed by atoms with van der Waals surface area (Å²) < 4.78 is 5.44. The molecule has 1 rings (SSSR count). The van der Waals surface area contributed by atoms with Crippen molar-refractivity contribution in [2.45, 2.75) is 46.1 Å². The first-order chi connectivity index (χ1) is 5.99. The zero-order valence-electron chi connectivity index (χ0n) is 9.18. The highest BCUT2D eigenvalue weighted by atomic mass is 16.5. The number of hydrogen-bond donors (Lipinski definition) is 1. The van der Waals surface area contributed by atoms with Gasteiger partial charge in [0.15, 0.2) is 0 Å². The van der Waals surface area contributed by atoms with Gasteiger partial charge in [-0.25, -0.2) is 0 Å². The van der Waals surface area contributed by atoms with Gasteiger partial charge in [0.1, 0.15) is 0 Å². The Bertz CT molecular complexity index is 151. The van der Waals surface area contributed by atoms with E-state index in [-0.39, 0.29) is 0 Å². The second kappa shape index (κ2) is 4.43. The Balaban J connectivity index is 2.27. The molecule has 2 atom stereocenters. The van der Waals surface area contributed by atoms with Gasteiger partial charge in [-0.3, -0.25) is 0 Å². The fourth-order valence-corrected chi connectivity index (χ4v) is 1.73. The molecule has 1 saturated heterocycles. The van der Waals surface area contributed by atoms with Crippen molar-refractivity contribution in [3.63, 3.8) is 0 Å². The van der Waals surface area contributed by atoms with Crippen LogP contribution in [-0.4, -0.2) is 19.3 Å². The van der Waals surface area contributed by atoms with Gasteiger partial charge in [-0.15, -0.1) is 0 Å². The molecule has 1 aliphatic heterocycles. The molecule has 0 spiro atoms. The number of ether oxygens (including phenoxy) is 1. The maximum atomic E-state index is 6.03. The molecule has 0 aromatic rings. The van der Waals surface area contributed by atoms with Crippen molar-refractivity contribution < 1.29 is 4.74 Å². The SMILES string of the molecule is CC(C)(C)CCC1COCCC1N. The van der Waals surface area contributed by atoms with E-state index in [1.54, 1.807) is 0 Å². The summed E-state index contributed by atoms with van der Waals surface area (Å²) in [5, 5.41) is 0. The van der Waals surface area contributed by atoms with E-state index in [0.717, 1.165) is 19.6 Å². The molecule has 0 aliphatic carbocycles. The van der Waals surface area contributed by atoms with Crippen molar-refractivity contribution in [3.8, 4) is 0 Å². The second-order valence-corrected chi connectivity index (χ2v) is 5.39. The Labute approximate surface area is 81.8 Å². The number of nitrogens with two attached hydrogens (primary N) is 1. The van der Waals surface area contributed by atoms with E-state index in [4.69, 9.17) is 10.5 Å². The Morgan fingerprint density at radius 1 is 1.38 bits per heavy atom. The minimum absolute atomic E-state index is 0.371. The van der Waals surface area contributed by atoms with E-state index in [1.807, 2.05) is 0 Å². The van der Waals surface area contributed by atoms with E-state index in [0.29, 0.717) is 17.4 Å². The van der Waals surface area contributed by atoms with Crippen LogP contribution in [0, 0.1) is 11.3 Å². The molecular weight excluding hydrogens is 162 g/mol. The molecule has 13 heavy (non-hydrogen) atoms. The Hall–Kier alpha value is -0.0800. The van der Waals surface area contributed by atoms with Crippen molar-refractivity contribution in [1.29, 1.82) is 0 Å². The molecule has 0 bridgehead atoms. The molecule has 1 fully saturated rings. The standard InChI is InChI=1S/C11H23NO/c1-11(2,3)6-4-9-8-13-7-5-10(9)12/h9-10H,4-8,12H2,1-3H3. The summed E-state index contributed by atoms with van der Waals surface area (Å²) in [6.07, 6.45) is 3.49. The molecular formula is C11H23NO. The van der Waals surface area contributed by atoms with Gasteiger partial charge in [0.25, 0.3) is 0 Å². The molecule has 0 saturated carbocycles. The summed E-state index contributed by atoms with van der Waals surface area (Å²) in [6, 6.07) is 0.371. The molecule has 2 unspecified atom stereocenters. The smallest absolute Gasteiger partial charge is 0.0509 e. The van der Waals surface area contributed by atoms with Crippen LogP contribution in [0.15, 0.2) is 0 Å². The van der Waals surface area contributed by atoms with Crippen LogP contribution in [0.4, 0.5) is 0 Å². The van der Waals surface area contributed by atoms with Crippen molar-refractivity contribution in [3.05, 3.63) is 0 Å². The van der Waals surface area contributed by atoms with E-state index in [2.05, 4.69) is 20.8 Å². The van der Waals surface area contributed by atoms with Crippen LogP contribution in [-0.2, 0) is 4.74 Å². The van der Waals surface area contributed by atoms with Gasteiger partial charge in [0.05, 0.1) is 6.61 Å². The molecule has 2 N–H and O–H groups in total. The number of hydrogen-bond acceptors (Lipinski definition) is 2. The lowest BCUT2D eigenvalue weighted by Crippen LogP contribution is -2.38. The third kappa shape index (κ3) is 4.10. The molecule has 2 nitrogen and oxygen atoms in total. The minimum atomic E-state index is 0.371. The summed E-state index contributed by atoms with van der Waals surface area (Å²) >= 11 is 0. The van der Waals surface area contributed by atoms with Crippen LogP contribution in [0.25, 0.3) is 0 Å². The first-order valence-corrected chi connectivity index (χ1v) is 5.32. The van der Waals surface area contributed by atoms with Gasteiger partial charge in [0, 0.05) is 12.6 Å². The zero-order valence-corrected chi connectivity index (χ0v) is 9.18. The third-order valence-corrected chi connectivity index (χ3v) is 2.80. The van der Waals surface area contributed by atoms with Crippen molar-refractivity contribution in [2.75, 3.05) is 13.2 Å². The average molecular weight is 185 g/mol. The Morgan fingerprint density at radius 2 is 2.08 bits per heavy atom. The summed E-state index contributed by atoms with van der Waals surface area (Å²) in [4.78, 5) is 0. The van der Waals surface area contributed by atoms with Crippen LogP contribution in [0.1, 0.15) is 40.0 Å². The largest absolute Gasteiger partial charge is 0.381 e. The maximum Gasteiger partial charge on any atom is 0.0509 e. The molecule has 1 aliphatic rings. The monoisotopic (exact) mass is 185 g/mol. The van der Waals surface area contributed by atoms with E-state index in [1.165, 1.54) is 12.8 Å². The van der Waals surface area contributed by atoms with Gasteiger partial charge in [-0.05, 0) is 30.6 Å². The van der Waals surface area contributed by atoms with Gasteiger partial charge in [-0.1, -0.05) is 20.8 Å². The molecule has 0 aromatic carbocycles. The lowest BCUT2D eigenvalue weighted by atomic mass is 9.83. The molecule has 0 aromatic heterocycles. The Morgan fingerprint density at radius 3 is 2.62 bits per heavy atom. The highest BCUT2D eigenvalue weighted by molar-refractivity contribution is 4.78. The average Bonchev–Trinajstić information content (AvgIpc) is 2.01. The maximum absolute atomic E-state index is 6.03. The van der Waals surface area contributed by atoms with Crippen LogP contribution in [0.3, 0.4) is 0 Å². The van der Waals surface area contributed by atoms with Gasteiger partial charge in [0.2, 0.25) is 0 Å². The molecule has 0 amide bonds. The summed E-state index contributed by atoms with van der Waals surface area (Å²) in [7, 11) is 0. The highest BCUT2D eigenvalue weighted by Gasteiger charge is 2.23. The normalized spacial score (nSPS) is 30.5. The van der Waals surface area contributed by atoms with Crippen molar-refractivity contribution in [1.82, 2.24) is 0 Å². The number of rotatable bonds is 2. The lowest BCUT2D eigenvalue weighted by Gasteiger charge is -2.30. The molecule has 0 radical (unpaired) electrons. The summed E-state index contributed by atoms with van der Waals surface area (Å²) in [5.74, 6) is 0.591. The predicted octanol–water partition coefficient (Wildman–Crippen LogP) is 2.18. The predicted molar refractivity (Wildman–Crippen MR) is 55.6 cm³/mol. The van der Waals surface area contributed by atoms with Gasteiger partial charge < -0.3 is 10.5 Å². The molecule has 2 heteroatoms. The van der Waals surface area contributed by atoms with Gasteiger partial charge >= 0.3 is 0 Å². The quantitative estimate of drug-likeness (QED) is 0.715. The molecule has 78 valence electrons. The first-order valence-electron chi connectivity index (χ1n) is 5.32. The zero-order chi connectivity index (χ0) is 9.90. The Kier molecular flexibility index (Phi) is 3.74. The van der Waals surface area contributed by atoms with Crippen molar-refractivity contribution >= 4 is 0 Å². The minimum Gasteiger partial charge on any atom is -0.381 e. The van der Waals surface area contributed by atoms with Gasteiger partial charge in [-0.2, -0.15) is 0 Å². The highest BCUT2D eigenvalue weighted by Crippen LogP contribution is 2.26. The van der Waals surface area contributed by atoms with Crippen LogP contribution in [0.5, 0.6) is 0 Å². The van der Waals surface area contributed by atoms with Crippen LogP contribution >= 0.6 is 0 Å². The fourth-order valence-electron chi connectivity index (χ4n) is 1.73. The fraction of sp³-hybridized carbons (Fsp3) is 1.00.